The van der Waals surface area contributed by atoms with Crippen LogP contribution in [0.3, 0.4) is 0 Å². The number of phenolic OH excluding ortho intramolecular Hbond substituents is 1. The molecule has 3 fully saturated rings. The van der Waals surface area contributed by atoms with E-state index in [4.69, 9.17) is 16.3 Å². The van der Waals surface area contributed by atoms with Crippen molar-refractivity contribution >= 4 is 46.6 Å². The maximum Gasteiger partial charge on any atom is 0.416 e. The van der Waals surface area contributed by atoms with Gasteiger partial charge in [-0.2, -0.15) is 31.4 Å². The van der Waals surface area contributed by atoms with Gasteiger partial charge in [0.05, 0.1) is 52.8 Å². The average molecular weight is 828 g/mol. The van der Waals surface area contributed by atoms with Gasteiger partial charge < -0.3 is 9.84 Å². The molecule has 300 valence electrons. The van der Waals surface area contributed by atoms with Crippen LogP contribution in [0.15, 0.2) is 96.6 Å². The molecule has 2 aliphatic carbocycles. The summed E-state index contributed by atoms with van der Waals surface area (Å²) in [6.45, 7) is 0. The van der Waals surface area contributed by atoms with Crippen molar-refractivity contribution in [3.63, 3.8) is 0 Å². The van der Waals surface area contributed by atoms with E-state index in [1.165, 1.54) is 49.6 Å². The Morgan fingerprint density at radius 1 is 0.810 bits per heavy atom. The van der Waals surface area contributed by atoms with Crippen molar-refractivity contribution in [2.45, 2.75) is 36.5 Å². The van der Waals surface area contributed by atoms with Gasteiger partial charge in [0.15, 0.2) is 11.5 Å². The molecule has 0 bridgehead atoms. The predicted molar refractivity (Wildman–Crippen MR) is 193 cm³/mol. The average Bonchev–Trinajstić information content (AvgIpc) is 3.56. The first-order chi connectivity index (χ1) is 27.4. The second-order valence-electron chi connectivity index (χ2n) is 14.6. The van der Waals surface area contributed by atoms with Crippen LogP contribution in [0, 0.1) is 29.5 Å². The summed E-state index contributed by atoms with van der Waals surface area (Å²) in [6.07, 6.45) is -9.37. The fourth-order valence-electron chi connectivity index (χ4n) is 9.23. The van der Waals surface area contributed by atoms with Gasteiger partial charge in [-0.3, -0.25) is 24.6 Å². The maximum absolute atomic E-state index is 15.2. The van der Waals surface area contributed by atoms with E-state index in [1.807, 2.05) is 0 Å². The van der Waals surface area contributed by atoms with Crippen LogP contribution in [0.25, 0.3) is 0 Å². The predicted octanol–water partition coefficient (Wildman–Crippen LogP) is 8.42. The third-order valence-electron chi connectivity index (χ3n) is 11.6. The van der Waals surface area contributed by atoms with E-state index in [2.05, 4.69) is 5.43 Å². The van der Waals surface area contributed by atoms with Crippen LogP contribution in [0.5, 0.6) is 11.5 Å². The number of ether oxygens (including phenoxy) is 1. The number of benzene rings is 4. The summed E-state index contributed by atoms with van der Waals surface area (Å²) in [5, 5.41) is 11.7. The summed E-state index contributed by atoms with van der Waals surface area (Å²) in [7, 11) is 1.29. The summed E-state index contributed by atoms with van der Waals surface area (Å²) >= 11 is 6.29. The fourth-order valence-corrected chi connectivity index (χ4v) is 9.35. The van der Waals surface area contributed by atoms with Crippen LogP contribution in [0.4, 0.5) is 42.1 Å². The number of nitrogens with zero attached hydrogens (tertiary/aromatic N) is 2. The van der Waals surface area contributed by atoms with E-state index >= 15 is 4.79 Å². The molecule has 1 saturated carbocycles. The molecule has 0 spiro atoms. The van der Waals surface area contributed by atoms with Gasteiger partial charge >= 0.3 is 12.4 Å². The van der Waals surface area contributed by atoms with Gasteiger partial charge in [-0.1, -0.05) is 41.4 Å². The standard InChI is InChI=1S/C41H29ClF7N3O6/c1-58-32-14-19(2-13-31(32)53)34-27-11-12-28-33(37(56)51(35(28)54)26-16-21(40(44,45)46)15-22(17-26)41(47,48)49)29(27)18-30-36(55)52(50-25-9-7-24(43)8-10-25)38(57)39(30,34)20-3-5-23(42)6-4-20/h2-11,13-17,28-30,33-34,50,53H,12,18H2,1H3. The van der Waals surface area contributed by atoms with Crippen molar-refractivity contribution in [2.75, 3.05) is 17.4 Å². The molecule has 0 radical (unpaired) electrons. The molecule has 4 amide bonds. The Balaban J connectivity index is 1.31. The van der Waals surface area contributed by atoms with Gasteiger partial charge in [0.25, 0.3) is 11.8 Å². The molecule has 2 saturated heterocycles. The zero-order valence-corrected chi connectivity index (χ0v) is 30.6. The van der Waals surface area contributed by atoms with Crippen molar-refractivity contribution in [3.8, 4) is 11.5 Å². The number of rotatable bonds is 6. The Morgan fingerprint density at radius 2 is 1.45 bits per heavy atom. The number of carbonyl (C=O) groups excluding carboxylic acids is 4. The molecule has 6 atom stereocenters. The van der Waals surface area contributed by atoms with Crippen LogP contribution in [-0.2, 0) is 36.9 Å². The molecule has 9 nitrogen and oxygen atoms in total. The van der Waals surface area contributed by atoms with Crippen LogP contribution in [0.2, 0.25) is 5.02 Å². The molecule has 4 aromatic rings. The summed E-state index contributed by atoms with van der Waals surface area (Å²) in [4.78, 5) is 58.9. The minimum atomic E-state index is -5.26. The first kappa shape index (κ1) is 38.9. The van der Waals surface area contributed by atoms with Crippen molar-refractivity contribution in [1.82, 2.24) is 5.01 Å². The van der Waals surface area contributed by atoms with E-state index in [0.717, 1.165) is 17.1 Å². The number of hydrogen-bond acceptors (Lipinski definition) is 7. The lowest BCUT2D eigenvalue weighted by Gasteiger charge is -2.50. The number of fused-ring (bicyclic) bond motifs is 4. The lowest BCUT2D eigenvalue weighted by atomic mass is 9.49. The summed E-state index contributed by atoms with van der Waals surface area (Å²) in [6, 6.07) is 15.8. The van der Waals surface area contributed by atoms with Crippen molar-refractivity contribution in [2.24, 2.45) is 23.7 Å². The highest BCUT2D eigenvalue weighted by Crippen LogP contribution is 2.64. The highest BCUT2D eigenvalue weighted by atomic mass is 35.5. The second-order valence-corrected chi connectivity index (χ2v) is 15.0. The maximum atomic E-state index is 15.2. The highest BCUT2D eigenvalue weighted by Gasteiger charge is 2.70. The number of anilines is 2. The molecule has 4 aliphatic rings. The molecule has 8 rings (SSSR count). The molecule has 4 aromatic carbocycles. The van der Waals surface area contributed by atoms with Gasteiger partial charge in [0.1, 0.15) is 5.82 Å². The number of hydrazine groups is 1. The minimum Gasteiger partial charge on any atom is -0.504 e. The molecular formula is C41H29ClF7N3O6. The molecule has 2 N–H and O–H groups in total. The van der Waals surface area contributed by atoms with Crippen molar-refractivity contribution in [1.29, 1.82) is 0 Å². The van der Waals surface area contributed by atoms with E-state index in [9.17, 15) is 50.2 Å². The Hall–Kier alpha value is -5.90. The van der Waals surface area contributed by atoms with Crippen LogP contribution in [0.1, 0.15) is 41.0 Å². The molecule has 58 heavy (non-hydrogen) atoms. The first-order valence-electron chi connectivity index (χ1n) is 17.8. The van der Waals surface area contributed by atoms with Crippen LogP contribution < -0.4 is 15.1 Å². The second kappa shape index (κ2) is 13.6. The smallest absolute Gasteiger partial charge is 0.416 e. The minimum absolute atomic E-state index is 0.0157. The number of amides is 4. The molecule has 2 heterocycles. The van der Waals surface area contributed by atoms with Crippen LogP contribution >= 0.6 is 11.6 Å². The number of nitrogens with one attached hydrogen (secondary N) is 1. The van der Waals surface area contributed by atoms with E-state index in [0.29, 0.717) is 38.8 Å². The lowest BCUT2D eigenvalue weighted by molar-refractivity contribution is -0.143. The molecule has 17 heteroatoms. The number of halogens is 8. The topological polar surface area (TPSA) is 116 Å². The number of imide groups is 2. The van der Waals surface area contributed by atoms with E-state index < -0.39 is 93.6 Å². The number of hydrogen-bond donors (Lipinski definition) is 2. The van der Waals surface area contributed by atoms with Crippen molar-refractivity contribution in [3.05, 3.63) is 130 Å². The molecule has 0 aromatic heterocycles. The SMILES string of the molecule is COc1cc(C2C3=CCC4C(=O)N(c5cc(C(F)(F)F)cc(C(F)(F)F)c5)C(=O)C4C3CC3C(=O)N(Nc4ccc(F)cc4)C(=O)C32c2ccc(Cl)cc2)ccc1O. The third kappa shape index (κ3) is 5.98. The highest BCUT2D eigenvalue weighted by molar-refractivity contribution is 6.30. The summed E-state index contributed by atoms with van der Waals surface area (Å²) < 4.78 is 103. The number of aromatic hydroxyl groups is 1. The van der Waals surface area contributed by atoms with Gasteiger partial charge in [0.2, 0.25) is 11.8 Å². The zero-order valence-electron chi connectivity index (χ0n) is 29.9. The quantitative estimate of drug-likeness (QED) is 0.114. The number of allylic oxidation sites excluding steroid dienone is 2. The van der Waals surface area contributed by atoms with Gasteiger partial charge in [-0.15, -0.1) is 0 Å². The summed E-state index contributed by atoms with van der Waals surface area (Å²) in [5.41, 5.74) is -2.18. The van der Waals surface area contributed by atoms with Crippen molar-refractivity contribution < 1.29 is 59.8 Å². The van der Waals surface area contributed by atoms with Crippen LogP contribution in [-0.4, -0.2) is 40.9 Å². The fraction of sp³-hybridized carbons (Fsp3) is 0.268. The molecule has 2 aliphatic heterocycles. The first-order valence-corrected chi connectivity index (χ1v) is 18.1. The third-order valence-corrected chi connectivity index (χ3v) is 11.9. The number of phenols is 1. The Morgan fingerprint density at radius 3 is 2.05 bits per heavy atom. The largest absolute Gasteiger partial charge is 0.504 e. The van der Waals surface area contributed by atoms with E-state index in [1.54, 1.807) is 18.2 Å². The van der Waals surface area contributed by atoms with Gasteiger partial charge in [-0.25, -0.2) is 9.29 Å². The number of alkyl halides is 6. The number of carbonyl (C=O) groups is 4. The molecule has 6 unspecified atom stereocenters. The Kier molecular flexibility index (Phi) is 9.14. The normalized spacial score (nSPS) is 25.7. The summed E-state index contributed by atoms with van der Waals surface area (Å²) in [5.74, 6) is -10.6. The Labute approximate surface area is 329 Å². The monoisotopic (exact) mass is 827 g/mol. The van der Waals surface area contributed by atoms with E-state index in [-0.39, 0.29) is 36.1 Å². The number of methoxy groups -OCH3 is 1. The Bertz CT molecular complexity index is 2390. The van der Waals surface area contributed by atoms with Gasteiger partial charge in [0, 0.05) is 10.9 Å². The molecular weight excluding hydrogens is 799 g/mol. The lowest BCUT2D eigenvalue weighted by Crippen LogP contribution is -2.53. The van der Waals surface area contributed by atoms with Gasteiger partial charge in [-0.05, 0) is 96.6 Å². The zero-order chi connectivity index (χ0) is 41.6.